The molecule has 1 N–H and O–H groups in total. The van der Waals surface area contributed by atoms with E-state index in [4.69, 9.17) is 0 Å². The van der Waals surface area contributed by atoms with Gasteiger partial charge in [0.15, 0.2) is 0 Å². The zero-order chi connectivity index (χ0) is 13.5. The number of rotatable bonds is 5. The Morgan fingerprint density at radius 2 is 1.84 bits per heavy atom. The molecule has 1 aromatic carbocycles. The molecule has 0 aromatic heterocycles. The Labute approximate surface area is 114 Å². The van der Waals surface area contributed by atoms with E-state index in [1.807, 2.05) is 30.3 Å². The molecule has 19 heavy (non-hydrogen) atoms. The molecule has 0 saturated carbocycles. The maximum Gasteiger partial charge on any atom is 0.411 e. The minimum absolute atomic E-state index is 0.565. The van der Waals surface area contributed by atoms with Crippen molar-refractivity contribution in [3.63, 3.8) is 0 Å². The van der Waals surface area contributed by atoms with Gasteiger partial charge in [-0.3, -0.25) is 4.90 Å². The highest BCUT2D eigenvalue weighted by molar-refractivity contribution is 5.85. The third-order valence-electron chi connectivity index (χ3n) is 3.60. The van der Waals surface area contributed by atoms with Gasteiger partial charge in [0.05, 0.1) is 0 Å². The first-order valence-corrected chi connectivity index (χ1v) is 7.05. The van der Waals surface area contributed by atoms with E-state index >= 15 is 0 Å². The molecule has 1 saturated heterocycles. The second-order valence-electron chi connectivity index (χ2n) is 5.03. The van der Waals surface area contributed by atoms with Crippen molar-refractivity contribution in [1.82, 2.24) is 4.90 Å². The van der Waals surface area contributed by atoms with Crippen molar-refractivity contribution in [2.45, 2.75) is 25.7 Å². The molecule has 0 bridgehead atoms. The Hall–Kier alpha value is -1.55. The van der Waals surface area contributed by atoms with E-state index in [1.165, 1.54) is 37.3 Å². The first-order chi connectivity index (χ1) is 9.27. The number of anilines is 1. The van der Waals surface area contributed by atoms with Crippen LogP contribution >= 0.6 is 0 Å². The summed E-state index contributed by atoms with van der Waals surface area (Å²) in [5, 5.41) is 9.28. The molecule has 104 valence electrons. The molecular weight excluding hydrogens is 240 g/mol. The van der Waals surface area contributed by atoms with E-state index in [-0.39, 0.29) is 0 Å². The molecule has 0 radical (unpaired) electrons. The van der Waals surface area contributed by atoms with Crippen LogP contribution in [0.1, 0.15) is 25.7 Å². The molecule has 1 aromatic rings. The number of nitrogens with zero attached hydrogens (tertiary/aromatic N) is 2. The number of hydrogen-bond acceptors (Lipinski definition) is 2. The largest absolute Gasteiger partial charge is 0.465 e. The van der Waals surface area contributed by atoms with Crippen LogP contribution in [0.2, 0.25) is 0 Å². The van der Waals surface area contributed by atoms with Crippen LogP contribution in [-0.4, -0.2) is 42.3 Å². The zero-order valence-corrected chi connectivity index (χ0v) is 11.3. The third-order valence-corrected chi connectivity index (χ3v) is 3.60. The maximum atomic E-state index is 11.3. The van der Waals surface area contributed by atoms with Gasteiger partial charge in [0.1, 0.15) is 0 Å². The number of para-hydroxylation sites is 1. The number of carboxylic acid groups (broad SMARTS) is 1. The lowest BCUT2D eigenvalue weighted by molar-refractivity contribution is 0.199. The second kappa shape index (κ2) is 7.14. The summed E-state index contributed by atoms with van der Waals surface area (Å²) < 4.78 is 0. The third kappa shape index (κ3) is 4.24. The predicted molar refractivity (Wildman–Crippen MR) is 76.7 cm³/mol. The van der Waals surface area contributed by atoms with Gasteiger partial charge in [-0.15, -0.1) is 0 Å². The number of hydrogen-bond donors (Lipinski definition) is 1. The average molecular weight is 262 g/mol. The van der Waals surface area contributed by atoms with Crippen LogP contribution in [0.15, 0.2) is 30.3 Å². The Morgan fingerprint density at radius 3 is 2.47 bits per heavy atom. The SMILES string of the molecule is O=C(O)N(CCCN1CCCCC1)c1ccccc1. The Morgan fingerprint density at radius 1 is 1.16 bits per heavy atom. The summed E-state index contributed by atoms with van der Waals surface area (Å²) >= 11 is 0. The highest BCUT2D eigenvalue weighted by Crippen LogP contribution is 2.14. The van der Waals surface area contributed by atoms with Crippen molar-refractivity contribution < 1.29 is 9.90 Å². The van der Waals surface area contributed by atoms with Gasteiger partial charge in [-0.1, -0.05) is 24.6 Å². The molecule has 2 rings (SSSR count). The minimum Gasteiger partial charge on any atom is -0.465 e. The highest BCUT2D eigenvalue weighted by Gasteiger charge is 2.15. The summed E-state index contributed by atoms with van der Waals surface area (Å²) in [6.45, 7) is 3.89. The average Bonchev–Trinajstić information content (AvgIpc) is 2.45. The minimum atomic E-state index is -0.871. The zero-order valence-electron chi connectivity index (χ0n) is 11.3. The smallest absolute Gasteiger partial charge is 0.411 e. The van der Waals surface area contributed by atoms with Crippen LogP contribution < -0.4 is 4.90 Å². The monoisotopic (exact) mass is 262 g/mol. The van der Waals surface area contributed by atoms with Gasteiger partial charge >= 0.3 is 6.09 Å². The Bertz CT molecular complexity index is 388. The summed E-state index contributed by atoms with van der Waals surface area (Å²) in [4.78, 5) is 15.2. The Kier molecular flexibility index (Phi) is 5.21. The van der Waals surface area contributed by atoms with E-state index in [1.54, 1.807) is 0 Å². The van der Waals surface area contributed by atoms with Gasteiger partial charge in [-0.2, -0.15) is 0 Å². The molecule has 1 fully saturated rings. The molecule has 1 amide bonds. The highest BCUT2D eigenvalue weighted by atomic mass is 16.4. The standard InChI is InChI=1S/C15H22N2O2/c18-15(19)17(14-8-3-1-4-9-14)13-7-12-16-10-5-2-6-11-16/h1,3-4,8-9H,2,5-7,10-13H2,(H,18,19). The van der Waals surface area contributed by atoms with Crippen LogP contribution in [-0.2, 0) is 0 Å². The maximum absolute atomic E-state index is 11.3. The van der Waals surface area contributed by atoms with Crippen LogP contribution in [0.3, 0.4) is 0 Å². The van der Waals surface area contributed by atoms with Crippen molar-refractivity contribution in [1.29, 1.82) is 0 Å². The molecule has 1 aliphatic heterocycles. The molecule has 0 unspecified atom stereocenters. The van der Waals surface area contributed by atoms with Crippen LogP contribution in [0.4, 0.5) is 10.5 Å². The first-order valence-electron chi connectivity index (χ1n) is 7.05. The fourth-order valence-corrected chi connectivity index (χ4v) is 2.58. The lowest BCUT2D eigenvalue weighted by Crippen LogP contribution is -2.35. The van der Waals surface area contributed by atoms with Crippen LogP contribution in [0, 0.1) is 0 Å². The topological polar surface area (TPSA) is 43.8 Å². The molecule has 0 spiro atoms. The van der Waals surface area contributed by atoms with Gasteiger partial charge < -0.3 is 10.0 Å². The summed E-state index contributed by atoms with van der Waals surface area (Å²) in [5.74, 6) is 0. The molecule has 4 nitrogen and oxygen atoms in total. The molecule has 4 heteroatoms. The first kappa shape index (κ1) is 13.9. The fraction of sp³-hybridized carbons (Fsp3) is 0.533. The quantitative estimate of drug-likeness (QED) is 0.887. The summed E-state index contributed by atoms with van der Waals surface area (Å²) in [6.07, 6.45) is 3.91. The summed E-state index contributed by atoms with van der Waals surface area (Å²) in [7, 11) is 0. The number of likely N-dealkylation sites (tertiary alicyclic amines) is 1. The van der Waals surface area contributed by atoms with E-state index in [0.717, 1.165) is 18.7 Å². The van der Waals surface area contributed by atoms with Gasteiger partial charge in [0.2, 0.25) is 0 Å². The van der Waals surface area contributed by atoms with E-state index in [2.05, 4.69) is 4.90 Å². The molecular formula is C15H22N2O2. The molecule has 1 heterocycles. The van der Waals surface area contributed by atoms with E-state index in [0.29, 0.717) is 6.54 Å². The predicted octanol–water partition coefficient (Wildman–Crippen LogP) is 3.05. The van der Waals surface area contributed by atoms with Gasteiger partial charge in [0.25, 0.3) is 0 Å². The van der Waals surface area contributed by atoms with Gasteiger partial charge in [-0.25, -0.2) is 4.79 Å². The Balaban J connectivity index is 1.82. The van der Waals surface area contributed by atoms with Gasteiger partial charge in [0, 0.05) is 12.2 Å². The van der Waals surface area contributed by atoms with E-state index < -0.39 is 6.09 Å². The number of piperidine rings is 1. The lowest BCUT2D eigenvalue weighted by Gasteiger charge is -2.27. The normalized spacial score (nSPS) is 16.2. The summed E-state index contributed by atoms with van der Waals surface area (Å²) in [5.41, 5.74) is 0.758. The number of amides is 1. The fourth-order valence-electron chi connectivity index (χ4n) is 2.58. The molecule has 0 aliphatic carbocycles. The lowest BCUT2D eigenvalue weighted by atomic mass is 10.1. The van der Waals surface area contributed by atoms with Crippen LogP contribution in [0.25, 0.3) is 0 Å². The number of carbonyl (C=O) groups is 1. The van der Waals surface area contributed by atoms with Crippen molar-refractivity contribution in [3.05, 3.63) is 30.3 Å². The van der Waals surface area contributed by atoms with Crippen molar-refractivity contribution in [2.75, 3.05) is 31.1 Å². The van der Waals surface area contributed by atoms with E-state index in [9.17, 15) is 9.90 Å². The summed E-state index contributed by atoms with van der Waals surface area (Å²) in [6, 6.07) is 9.33. The van der Waals surface area contributed by atoms with Gasteiger partial charge in [-0.05, 0) is 51.0 Å². The second-order valence-corrected chi connectivity index (χ2v) is 5.03. The molecule has 1 aliphatic rings. The van der Waals surface area contributed by atoms with Crippen molar-refractivity contribution in [3.8, 4) is 0 Å². The molecule has 0 atom stereocenters. The number of benzene rings is 1. The van der Waals surface area contributed by atoms with Crippen molar-refractivity contribution in [2.24, 2.45) is 0 Å². The van der Waals surface area contributed by atoms with Crippen LogP contribution in [0.5, 0.6) is 0 Å². The van der Waals surface area contributed by atoms with Crippen molar-refractivity contribution >= 4 is 11.8 Å².